The minimum absolute atomic E-state index is 0.296. The van der Waals surface area contributed by atoms with Gasteiger partial charge in [0.2, 0.25) is 5.95 Å². The van der Waals surface area contributed by atoms with Crippen LogP contribution in [0.25, 0.3) is 10.9 Å². The maximum absolute atomic E-state index is 5.64. The molecule has 3 aromatic rings. The first-order chi connectivity index (χ1) is 10.2. The number of rotatable bonds is 4. The zero-order valence-electron chi connectivity index (χ0n) is 11.9. The molecule has 5 nitrogen and oxygen atoms in total. The Labute approximate surface area is 123 Å². The molecule has 21 heavy (non-hydrogen) atoms. The summed E-state index contributed by atoms with van der Waals surface area (Å²) >= 11 is 0. The number of fused-ring (bicyclic) bond motifs is 1. The van der Waals surface area contributed by atoms with Gasteiger partial charge in [0.25, 0.3) is 0 Å². The van der Waals surface area contributed by atoms with Crippen molar-refractivity contribution >= 4 is 22.7 Å². The van der Waals surface area contributed by atoms with Gasteiger partial charge in [0.05, 0.1) is 5.52 Å². The Balaban J connectivity index is 1.72. The quantitative estimate of drug-likeness (QED) is 0.767. The van der Waals surface area contributed by atoms with Crippen LogP contribution in [0.2, 0.25) is 0 Å². The van der Waals surface area contributed by atoms with Crippen LogP contribution < -0.4 is 11.1 Å². The number of hydrogen-bond acceptors (Lipinski definition) is 5. The zero-order chi connectivity index (χ0) is 14.7. The minimum Gasteiger partial charge on any atom is -0.370 e. The number of anilines is 2. The molecule has 0 atom stereocenters. The first kappa shape index (κ1) is 13.3. The van der Waals surface area contributed by atoms with Crippen molar-refractivity contribution in [2.24, 2.45) is 0 Å². The van der Waals surface area contributed by atoms with Crippen LogP contribution in [0.5, 0.6) is 0 Å². The monoisotopic (exact) mass is 279 g/mol. The lowest BCUT2D eigenvalue weighted by Gasteiger charge is -2.08. The van der Waals surface area contributed by atoms with Crippen LogP contribution in [-0.2, 0) is 6.42 Å². The molecule has 0 spiro atoms. The van der Waals surface area contributed by atoms with Crippen LogP contribution >= 0.6 is 0 Å². The summed E-state index contributed by atoms with van der Waals surface area (Å²) in [5.41, 5.74) is 8.78. The van der Waals surface area contributed by atoms with Gasteiger partial charge in [0, 0.05) is 29.9 Å². The number of nitrogens with one attached hydrogen (secondary N) is 1. The third-order valence-electron chi connectivity index (χ3n) is 3.29. The van der Waals surface area contributed by atoms with E-state index in [1.54, 1.807) is 0 Å². The lowest BCUT2D eigenvalue weighted by atomic mass is 10.1. The van der Waals surface area contributed by atoms with Gasteiger partial charge < -0.3 is 11.1 Å². The average Bonchev–Trinajstić information content (AvgIpc) is 2.46. The van der Waals surface area contributed by atoms with Gasteiger partial charge in [-0.05, 0) is 25.0 Å². The number of aromatic nitrogens is 3. The molecule has 3 rings (SSSR count). The topological polar surface area (TPSA) is 76.7 Å². The van der Waals surface area contributed by atoms with E-state index in [1.165, 1.54) is 5.56 Å². The smallest absolute Gasteiger partial charge is 0.222 e. The largest absolute Gasteiger partial charge is 0.370 e. The van der Waals surface area contributed by atoms with E-state index in [4.69, 9.17) is 5.73 Å². The molecule has 0 bridgehead atoms. The normalized spacial score (nSPS) is 10.7. The van der Waals surface area contributed by atoms with Crippen molar-refractivity contribution in [2.75, 3.05) is 17.6 Å². The molecular weight excluding hydrogens is 262 g/mol. The third-order valence-corrected chi connectivity index (χ3v) is 3.29. The fraction of sp³-hybridized carbons (Fsp3) is 0.188. The molecule has 0 aliphatic carbocycles. The molecule has 2 aromatic heterocycles. The van der Waals surface area contributed by atoms with E-state index in [0.29, 0.717) is 5.95 Å². The number of para-hydroxylation sites is 1. The van der Waals surface area contributed by atoms with E-state index in [2.05, 4.69) is 44.5 Å². The highest BCUT2D eigenvalue weighted by molar-refractivity contribution is 5.81. The van der Waals surface area contributed by atoms with Gasteiger partial charge in [0.1, 0.15) is 5.82 Å². The Hall–Kier alpha value is -2.69. The predicted molar refractivity (Wildman–Crippen MR) is 85.1 cm³/mol. The molecular formula is C16H17N5. The molecule has 0 unspecified atom stereocenters. The second kappa shape index (κ2) is 5.75. The Morgan fingerprint density at radius 3 is 2.86 bits per heavy atom. The van der Waals surface area contributed by atoms with Gasteiger partial charge in [-0.2, -0.15) is 4.98 Å². The number of benzene rings is 1. The predicted octanol–water partition coefficient (Wildman–Crippen LogP) is 2.57. The van der Waals surface area contributed by atoms with Gasteiger partial charge in [-0.15, -0.1) is 0 Å². The van der Waals surface area contributed by atoms with Crippen LogP contribution in [0.3, 0.4) is 0 Å². The summed E-state index contributed by atoms with van der Waals surface area (Å²) < 4.78 is 0. The van der Waals surface area contributed by atoms with Gasteiger partial charge >= 0.3 is 0 Å². The van der Waals surface area contributed by atoms with Crippen molar-refractivity contribution in [3.63, 3.8) is 0 Å². The highest BCUT2D eigenvalue weighted by Gasteiger charge is 2.03. The summed E-state index contributed by atoms with van der Waals surface area (Å²) in [6.45, 7) is 2.67. The molecule has 0 radical (unpaired) electrons. The zero-order valence-corrected chi connectivity index (χ0v) is 11.9. The second-order valence-electron chi connectivity index (χ2n) is 4.92. The van der Waals surface area contributed by atoms with Crippen LogP contribution in [0, 0.1) is 6.92 Å². The van der Waals surface area contributed by atoms with E-state index >= 15 is 0 Å². The van der Waals surface area contributed by atoms with Crippen molar-refractivity contribution in [2.45, 2.75) is 13.3 Å². The molecule has 1 aromatic carbocycles. The van der Waals surface area contributed by atoms with E-state index < -0.39 is 0 Å². The number of nitrogens with two attached hydrogens (primary N) is 1. The number of aryl methyl sites for hydroxylation is 1. The molecule has 0 saturated heterocycles. The standard InChI is InChI=1S/C16H17N5/c1-11-10-14(21-16(17)20-11)18-9-7-13-5-2-4-12-6-3-8-19-15(12)13/h2-6,8,10H,7,9H2,1H3,(H3,17,18,20,21). The second-order valence-corrected chi connectivity index (χ2v) is 4.92. The Kier molecular flexibility index (Phi) is 3.64. The summed E-state index contributed by atoms with van der Waals surface area (Å²) in [5.74, 6) is 1.05. The fourth-order valence-corrected chi connectivity index (χ4v) is 2.38. The molecule has 5 heteroatoms. The van der Waals surface area contributed by atoms with E-state index in [1.807, 2.05) is 25.3 Å². The van der Waals surface area contributed by atoms with Crippen LogP contribution in [0.4, 0.5) is 11.8 Å². The highest BCUT2D eigenvalue weighted by Crippen LogP contribution is 2.16. The summed E-state index contributed by atoms with van der Waals surface area (Å²) in [7, 11) is 0. The summed E-state index contributed by atoms with van der Waals surface area (Å²) in [6, 6.07) is 12.2. The van der Waals surface area contributed by atoms with Crippen LogP contribution in [0.15, 0.2) is 42.6 Å². The van der Waals surface area contributed by atoms with E-state index in [-0.39, 0.29) is 0 Å². The van der Waals surface area contributed by atoms with Gasteiger partial charge in [0.15, 0.2) is 0 Å². The molecule has 0 fully saturated rings. The van der Waals surface area contributed by atoms with Gasteiger partial charge in [-0.1, -0.05) is 24.3 Å². The molecule has 106 valence electrons. The van der Waals surface area contributed by atoms with Crippen molar-refractivity contribution in [1.29, 1.82) is 0 Å². The Bertz CT molecular complexity index is 744. The van der Waals surface area contributed by atoms with Gasteiger partial charge in [-0.3, -0.25) is 4.98 Å². The SMILES string of the molecule is Cc1cc(NCCc2cccc3cccnc23)nc(N)n1. The lowest BCUT2D eigenvalue weighted by Crippen LogP contribution is -2.09. The average molecular weight is 279 g/mol. The molecule has 0 amide bonds. The summed E-state index contributed by atoms with van der Waals surface area (Å²) in [6.07, 6.45) is 2.70. The van der Waals surface area contributed by atoms with E-state index in [0.717, 1.165) is 35.4 Å². The first-order valence-corrected chi connectivity index (χ1v) is 6.90. The maximum atomic E-state index is 5.64. The Morgan fingerprint density at radius 1 is 1.14 bits per heavy atom. The van der Waals surface area contributed by atoms with Gasteiger partial charge in [-0.25, -0.2) is 4.98 Å². The Morgan fingerprint density at radius 2 is 2.00 bits per heavy atom. The van der Waals surface area contributed by atoms with Crippen molar-refractivity contribution in [3.8, 4) is 0 Å². The summed E-state index contributed by atoms with van der Waals surface area (Å²) in [5, 5.41) is 4.44. The van der Waals surface area contributed by atoms with Crippen molar-refractivity contribution < 1.29 is 0 Å². The lowest BCUT2D eigenvalue weighted by molar-refractivity contribution is 1.00. The van der Waals surface area contributed by atoms with Crippen molar-refractivity contribution in [3.05, 3.63) is 53.9 Å². The molecule has 2 heterocycles. The maximum Gasteiger partial charge on any atom is 0.222 e. The van der Waals surface area contributed by atoms with Crippen LogP contribution in [0.1, 0.15) is 11.3 Å². The van der Waals surface area contributed by atoms with Crippen LogP contribution in [-0.4, -0.2) is 21.5 Å². The number of nitrogens with zero attached hydrogens (tertiary/aromatic N) is 3. The molecule has 3 N–H and O–H groups in total. The minimum atomic E-state index is 0.296. The molecule has 0 aliphatic heterocycles. The molecule has 0 saturated carbocycles. The number of pyridine rings is 1. The first-order valence-electron chi connectivity index (χ1n) is 6.90. The number of hydrogen-bond donors (Lipinski definition) is 2. The summed E-state index contributed by atoms with van der Waals surface area (Å²) in [4.78, 5) is 12.7. The molecule has 0 aliphatic rings. The van der Waals surface area contributed by atoms with E-state index in [9.17, 15) is 0 Å². The highest BCUT2D eigenvalue weighted by atomic mass is 15.1. The fourth-order valence-electron chi connectivity index (χ4n) is 2.38. The third kappa shape index (κ3) is 3.08. The number of nitrogen functional groups attached to an aromatic ring is 1. The van der Waals surface area contributed by atoms with Crippen molar-refractivity contribution in [1.82, 2.24) is 15.0 Å².